The van der Waals surface area contributed by atoms with Gasteiger partial charge in [-0.15, -0.1) is 0 Å². The van der Waals surface area contributed by atoms with Gasteiger partial charge in [0.2, 0.25) is 0 Å². The number of aromatic nitrogens is 1. The van der Waals surface area contributed by atoms with E-state index in [1.807, 2.05) is 6.92 Å². The van der Waals surface area contributed by atoms with Gasteiger partial charge in [-0.1, -0.05) is 0 Å². The summed E-state index contributed by atoms with van der Waals surface area (Å²) in [4.78, 5) is 4.05. The summed E-state index contributed by atoms with van der Waals surface area (Å²) in [5, 5.41) is 0. The molecule has 0 atom stereocenters. The van der Waals surface area contributed by atoms with E-state index in [-0.39, 0.29) is 5.82 Å². The fourth-order valence-corrected chi connectivity index (χ4v) is 1.59. The summed E-state index contributed by atoms with van der Waals surface area (Å²) in [5.74, 6) is 0.324. The van der Waals surface area contributed by atoms with Gasteiger partial charge in [-0.3, -0.25) is 4.98 Å². The quantitative estimate of drug-likeness (QED) is 0.828. The van der Waals surface area contributed by atoms with Crippen molar-refractivity contribution in [2.45, 2.75) is 6.92 Å². The van der Waals surface area contributed by atoms with Crippen LogP contribution in [-0.2, 0) is 0 Å². The van der Waals surface area contributed by atoms with Crippen LogP contribution in [0.3, 0.4) is 0 Å². The Kier molecular flexibility index (Phi) is 3.23. The molecule has 0 fully saturated rings. The highest BCUT2D eigenvalue weighted by atomic mass is 19.1. The fourth-order valence-electron chi connectivity index (χ4n) is 1.59. The summed E-state index contributed by atoms with van der Waals surface area (Å²) in [6.45, 7) is 2.45. The summed E-state index contributed by atoms with van der Waals surface area (Å²) in [7, 11) is 0. The van der Waals surface area contributed by atoms with Crippen LogP contribution in [0.4, 0.5) is 10.1 Å². The minimum absolute atomic E-state index is 0.323. The van der Waals surface area contributed by atoms with Gasteiger partial charge in [0.15, 0.2) is 0 Å². The maximum atomic E-state index is 13.2. The molecule has 17 heavy (non-hydrogen) atoms. The van der Waals surface area contributed by atoms with Crippen LogP contribution in [0.5, 0.6) is 5.75 Å². The largest absolute Gasteiger partial charge is 0.492 e. The number of rotatable bonds is 3. The topological polar surface area (TPSA) is 48.1 Å². The van der Waals surface area contributed by atoms with Crippen molar-refractivity contribution in [3.05, 3.63) is 42.5 Å². The highest BCUT2D eigenvalue weighted by molar-refractivity contribution is 5.76. The number of nitrogen functional groups attached to an aromatic ring is 1. The molecule has 0 aliphatic heterocycles. The molecule has 0 bridgehead atoms. The third kappa shape index (κ3) is 2.53. The zero-order valence-corrected chi connectivity index (χ0v) is 9.48. The molecule has 0 saturated carbocycles. The van der Waals surface area contributed by atoms with Gasteiger partial charge in [0.05, 0.1) is 12.8 Å². The van der Waals surface area contributed by atoms with Crippen LogP contribution in [0.15, 0.2) is 36.7 Å². The molecule has 0 amide bonds. The van der Waals surface area contributed by atoms with Gasteiger partial charge < -0.3 is 10.5 Å². The summed E-state index contributed by atoms with van der Waals surface area (Å²) < 4.78 is 18.5. The lowest BCUT2D eigenvalue weighted by molar-refractivity contribution is 0.339. The number of halogens is 1. The molecule has 3 nitrogen and oxygen atoms in total. The number of nitrogens with two attached hydrogens (primary N) is 1. The predicted molar refractivity (Wildman–Crippen MR) is 65.2 cm³/mol. The Morgan fingerprint density at radius 3 is 2.88 bits per heavy atom. The molecule has 1 aromatic carbocycles. The number of ether oxygens (including phenoxy) is 1. The van der Waals surface area contributed by atoms with E-state index in [1.165, 1.54) is 18.2 Å². The molecular weight excluding hydrogens is 219 g/mol. The number of anilines is 1. The van der Waals surface area contributed by atoms with E-state index in [0.29, 0.717) is 23.6 Å². The van der Waals surface area contributed by atoms with Crippen LogP contribution in [0.1, 0.15) is 6.92 Å². The molecule has 2 rings (SSSR count). The predicted octanol–water partition coefficient (Wildman–Crippen LogP) is 2.87. The first-order valence-corrected chi connectivity index (χ1v) is 5.34. The first kappa shape index (κ1) is 11.4. The van der Waals surface area contributed by atoms with E-state index in [4.69, 9.17) is 10.5 Å². The Bertz CT molecular complexity index is 529. The van der Waals surface area contributed by atoms with Crippen molar-refractivity contribution in [1.29, 1.82) is 0 Å². The van der Waals surface area contributed by atoms with Crippen molar-refractivity contribution in [3.8, 4) is 16.9 Å². The lowest BCUT2D eigenvalue weighted by atomic mass is 10.1. The second-order valence-electron chi connectivity index (χ2n) is 3.57. The van der Waals surface area contributed by atoms with Crippen molar-refractivity contribution >= 4 is 5.69 Å². The zero-order valence-electron chi connectivity index (χ0n) is 9.48. The van der Waals surface area contributed by atoms with Crippen LogP contribution >= 0.6 is 0 Å². The first-order chi connectivity index (χ1) is 8.20. The Morgan fingerprint density at radius 2 is 2.12 bits per heavy atom. The van der Waals surface area contributed by atoms with Gasteiger partial charge >= 0.3 is 0 Å². The van der Waals surface area contributed by atoms with Gasteiger partial charge in [-0.25, -0.2) is 4.39 Å². The number of benzene rings is 1. The van der Waals surface area contributed by atoms with Crippen LogP contribution < -0.4 is 10.5 Å². The second kappa shape index (κ2) is 4.82. The van der Waals surface area contributed by atoms with Crippen LogP contribution in [0.25, 0.3) is 11.1 Å². The van der Waals surface area contributed by atoms with E-state index in [1.54, 1.807) is 18.5 Å². The second-order valence-corrected chi connectivity index (χ2v) is 3.57. The minimum Gasteiger partial charge on any atom is -0.492 e. The van der Waals surface area contributed by atoms with Crippen LogP contribution in [0.2, 0.25) is 0 Å². The number of nitrogens with zero attached hydrogens (tertiary/aromatic N) is 1. The molecule has 0 spiro atoms. The third-order valence-electron chi connectivity index (χ3n) is 2.35. The van der Waals surface area contributed by atoms with E-state index < -0.39 is 0 Å². The van der Waals surface area contributed by atoms with Crippen molar-refractivity contribution in [2.75, 3.05) is 12.3 Å². The fraction of sp³-hybridized carbons (Fsp3) is 0.154. The normalized spacial score (nSPS) is 10.2. The smallest absolute Gasteiger partial charge is 0.138 e. The number of hydrogen-bond donors (Lipinski definition) is 1. The van der Waals surface area contributed by atoms with Crippen LogP contribution in [-0.4, -0.2) is 11.6 Å². The standard InChI is InChI=1S/C13H13FN2O/c1-2-17-11-5-9(7-16-8-11)12-6-10(14)3-4-13(12)15/h3-8H,2,15H2,1H3. The molecule has 0 aliphatic rings. The Balaban J connectivity index is 2.45. The average molecular weight is 232 g/mol. The minimum atomic E-state index is -0.323. The van der Waals surface area contributed by atoms with E-state index in [9.17, 15) is 4.39 Å². The molecule has 0 aliphatic carbocycles. The van der Waals surface area contributed by atoms with Crippen molar-refractivity contribution in [2.24, 2.45) is 0 Å². The number of hydrogen-bond acceptors (Lipinski definition) is 3. The lowest BCUT2D eigenvalue weighted by Gasteiger charge is -2.08. The molecular formula is C13H13FN2O. The molecule has 0 radical (unpaired) electrons. The first-order valence-electron chi connectivity index (χ1n) is 5.34. The Hall–Kier alpha value is -2.10. The highest BCUT2D eigenvalue weighted by Crippen LogP contribution is 2.28. The maximum absolute atomic E-state index is 13.2. The molecule has 1 aromatic heterocycles. The molecule has 88 valence electrons. The monoisotopic (exact) mass is 232 g/mol. The number of pyridine rings is 1. The highest BCUT2D eigenvalue weighted by Gasteiger charge is 2.06. The molecule has 1 heterocycles. The summed E-state index contributed by atoms with van der Waals surface area (Å²) in [6, 6.07) is 6.06. The summed E-state index contributed by atoms with van der Waals surface area (Å²) >= 11 is 0. The van der Waals surface area contributed by atoms with Crippen LogP contribution in [0, 0.1) is 5.82 Å². The maximum Gasteiger partial charge on any atom is 0.138 e. The van der Waals surface area contributed by atoms with E-state index in [0.717, 1.165) is 5.56 Å². The van der Waals surface area contributed by atoms with Gasteiger partial charge in [0, 0.05) is 23.0 Å². The summed E-state index contributed by atoms with van der Waals surface area (Å²) in [5.41, 5.74) is 7.69. The van der Waals surface area contributed by atoms with Gasteiger partial charge in [0.25, 0.3) is 0 Å². The van der Waals surface area contributed by atoms with Gasteiger partial charge in [-0.2, -0.15) is 0 Å². The molecule has 2 N–H and O–H groups in total. The molecule has 0 unspecified atom stereocenters. The SMILES string of the molecule is CCOc1cncc(-c2cc(F)ccc2N)c1. The van der Waals surface area contributed by atoms with Gasteiger partial charge in [-0.05, 0) is 31.2 Å². The summed E-state index contributed by atoms with van der Waals surface area (Å²) in [6.07, 6.45) is 3.25. The average Bonchev–Trinajstić information content (AvgIpc) is 2.33. The molecule has 2 aromatic rings. The van der Waals surface area contributed by atoms with E-state index in [2.05, 4.69) is 4.98 Å². The lowest BCUT2D eigenvalue weighted by Crippen LogP contribution is -1.95. The Morgan fingerprint density at radius 1 is 1.29 bits per heavy atom. The van der Waals surface area contributed by atoms with Crippen molar-refractivity contribution in [3.63, 3.8) is 0 Å². The van der Waals surface area contributed by atoms with E-state index >= 15 is 0 Å². The van der Waals surface area contributed by atoms with Crippen molar-refractivity contribution in [1.82, 2.24) is 4.98 Å². The molecule has 0 saturated heterocycles. The zero-order chi connectivity index (χ0) is 12.3. The third-order valence-corrected chi connectivity index (χ3v) is 2.35. The Labute approximate surface area is 99.1 Å². The van der Waals surface area contributed by atoms with Crippen molar-refractivity contribution < 1.29 is 9.13 Å². The van der Waals surface area contributed by atoms with Gasteiger partial charge in [0.1, 0.15) is 11.6 Å². The molecule has 4 heteroatoms.